The standard InChI is InChI=1S/C16H12Cl2O5/c17-16(18,15(21)22)14(11-6-2-3-7-12(11)20)23-13-8-4-1-5-10(13)9-19/h1-9,14,20H,(H,21,22). The molecule has 0 aromatic heterocycles. The van der Waals surface area contributed by atoms with E-state index in [-0.39, 0.29) is 22.6 Å². The maximum atomic E-state index is 11.4. The maximum absolute atomic E-state index is 11.4. The van der Waals surface area contributed by atoms with Crippen LogP contribution < -0.4 is 4.74 Å². The number of carbonyl (C=O) groups excluding carboxylic acids is 1. The SMILES string of the molecule is O=Cc1ccccc1OC(c1ccccc1O)C(Cl)(Cl)C(=O)O. The summed E-state index contributed by atoms with van der Waals surface area (Å²) in [5.41, 5.74) is 0.281. The third kappa shape index (κ3) is 3.57. The van der Waals surface area contributed by atoms with Gasteiger partial charge in [0.25, 0.3) is 4.33 Å². The Bertz CT molecular complexity index is 730. The summed E-state index contributed by atoms with van der Waals surface area (Å²) < 4.78 is 3.21. The summed E-state index contributed by atoms with van der Waals surface area (Å²) in [4.78, 5) is 22.5. The molecule has 0 aliphatic heterocycles. The number of alkyl halides is 2. The molecule has 7 heteroatoms. The maximum Gasteiger partial charge on any atom is 0.344 e. The Labute approximate surface area is 142 Å². The van der Waals surface area contributed by atoms with Gasteiger partial charge in [0.05, 0.1) is 5.56 Å². The fraction of sp³-hybridized carbons (Fsp3) is 0.125. The topological polar surface area (TPSA) is 83.8 Å². The first-order valence-electron chi connectivity index (χ1n) is 6.48. The highest BCUT2D eigenvalue weighted by Gasteiger charge is 2.47. The van der Waals surface area contributed by atoms with Crippen LogP contribution in [0.2, 0.25) is 0 Å². The van der Waals surface area contributed by atoms with E-state index < -0.39 is 16.4 Å². The molecule has 23 heavy (non-hydrogen) atoms. The number of aldehydes is 1. The van der Waals surface area contributed by atoms with Crippen molar-refractivity contribution in [2.45, 2.75) is 10.4 Å². The molecule has 2 N–H and O–H groups in total. The first kappa shape index (κ1) is 17.1. The van der Waals surface area contributed by atoms with Crippen LogP contribution in [0.1, 0.15) is 22.0 Å². The third-order valence-corrected chi connectivity index (χ3v) is 3.84. The van der Waals surface area contributed by atoms with E-state index in [2.05, 4.69) is 0 Å². The van der Waals surface area contributed by atoms with Crippen LogP contribution in [0, 0.1) is 0 Å². The first-order chi connectivity index (χ1) is 10.9. The van der Waals surface area contributed by atoms with E-state index in [4.69, 9.17) is 27.9 Å². The summed E-state index contributed by atoms with van der Waals surface area (Å²) in [6, 6.07) is 12.1. The number of halogens is 2. The van der Waals surface area contributed by atoms with Crippen LogP contribution in [0.3, 0.4) is 0 Å². The third-order valence-electron chi connectivity index (χ3n) is 3.12. The molecule has 1 atom stereocenters. The van der Waals surface area contributed by atoms with Gasteiger partial charge in [-0.1, -0.05) is 53.5 Å². The molecule has 0 saturated carbocycles. The summed E-state index contributed by atoms with van der Waals surface area (Å²) in [6.45, 7) is 0. The number of ether oxygens (including phenoxy) is 1. The van der Waals surface area contributed by atoms with Crippen molar-refractivity contribution in [2.24, 2.45) is 0 Å². The monoisotopic (exact) mass is 354 g/mol. The van der Waals surface area contributed by atoms with Crippen molar-refractivity contribution in [1.29, 1.82) is 0 Å². The summed E-state index contributed by atoms with van der Waals surface area (Å²) in [5.74, 6) is -1.67. The van der Waals surface area contributed by atoms with Gasteiger partial charge < -0.3 is 14.9 Å². The Kier molecular flexibility index (Phi) is 5.13. The number of carboxylic acids is 1. The Hall–Kier alpha value is -2.24. The number of para-hydroxylation sites is 2. The van der Waals surface area contributed by atoms with Crippen LogP contribution >= 0.6 is 23.2 Å². The predicted molar refractivity (Wildman–Crippen MR) is 85.4 cm³/mol. The average Bonchev–Trinajstić information content (AvgIpc) is 2.53. The highest BCUT2D eigenvalue weighted by atomic mass is 35.5. The molecule has 2 rings (SSSR count). The number of hydrogen-bond acceptors (Lipinski definition) is 4. The molecule has 2 aromatic carbocycles. The highest BCUT2D eigenvalue weighted by molar-refractivity contribution is 6.57. The second-order valence-corrected chi connectivity index (χ2v) is 6.03. The molecular formula is C16H12Cl2O5. The Morgan fingerprint density at radius 1 is 1.13 bits per heavy atom. The fourth-order valence-electron chi connectivity index (χ4n) is 1.97. The summed E-state index contributed by atoms with van der Waals surface area (Å²) in [5, 5.41) is 19.2. The molecule has 0 aliphatic rings. The van der Waals surface area contributed by atoms with Gasteiger partial charge in [0.2, 0.25) is 0 Å². The Balaban J connectivity index is 2.53. The lowest BCUT2D eigenvalue weighted by Crippen LogP contribution is -2.36. The van der Waals surface area contributed by atoms with Crippen LogP contribution in [0.15, 0.2) is 48.5 Å². The predicted octanol–water partition coefficient (Wildman–Crippen LogP) is 3.58. The largest absolute Gasteiger partial charge is 0.508 e. The Morgan fingerprint density at radius 2 is 1.74 bits per heavy atom. The van der Waals surface area contributed by atoms with E-state index in [1.807, 2.05) is 0 Å². The lowest BCUT2D eigenvalue weighted by atomic mass is 10.0. The quantitative estimate of drug-likeness (QED) is 0.611. The van der Waals surface area contributed by atoms with E-state index >= 15 is 0 Å². The van der Waals surface area contributed by atoms with Gasteiger partial charge in [0.15, 0.2) is 12.4 Å². The van der Waals surface area contributed by atoms with E-state index in [9.17, 15) is 19.8 Å². The zero-order chi connectivity index (χ0) is 17.0. The normalized spacial score (nSPS) is 12.4. The second-order valence-electron chi connectivity index (χ2n) is 4.64. The molecule has 1 unspecified atom stereocenters. The van der Waals surface area contributed by atoms with Crippen molar-refractivity contribution in [3.05, 3.63) is 59.7 Å². The highest BCUT2D eigenvalue weighted by Crippen LogP contribution is 2.43. The molecule has 0 spiro atoms. The van der Waals surface area contributed by atoms with Crippen molar-refractivity contribution in [3.63, 3.8) is 0 Å². The summed E-state index contributed by atoms with van der Waals surface area (Å²) >= 11 is 11.9. The number of aromatic hydroxyl groups is 1. The molecule has 0 fully saturated rings. The molecule has 0 aliphatic carbocycles. The number of carbonyl (C=O) groups is 2. The van der Waals surface area contributed by atoms with E-state index in [1.165, 1.54) is 24.3 Å². The van der Waals surface area contributed by atoms with Gasteiger partial charge in [-0.3, -0.25) is 4.79 Å². The number of benzene rings is 2. The van der Waals surface area contributed by atoms with Gasteiger partial charge in [0, 0.05) is 5.56 Å². The number of phenolic OH excluding ortho intramolecular Hbond substituents is 1. The van der Waals surface area contributed by atoms with Crippen molar-refractivity contribution < 1.29 is 24.5 Å². The molecule has 120 valence electrons. The minimum absolute atomic E-state index is 0.0839. The molecule has 0 amide bonds. The van der Waals surface area contributed by atoms with Crippen molar-refractivity contribution in [1.82, 2.24) is 0 Å². The van der Waals surface area contributed by atoms with Gasteiger partial charge >= 0.3 is 5.97 Å². The van der Waals surface area contributed by atoms with Crippen LogP contribution in [0.5, 0.6) is 11.5 Å². The fourth-order valence-corrected chi connectivity index (χ4v) is 2.29. The van der Waals surface area contributed by atoms with Gasteiger partial charge in [-0.05, 0) is 18.2 Å². The van der Waals surface area contributed by atoms with Crippen LogP contribution in [-0.2, 0) is 4.79 Å². The van der Waals surface area contributed by atoms with Crippen LogP contribution in [-0.4, -0.2) is 26.8 Å². The van der Waals surface area contributed by atoms with Gasteiger partial charge in [-0.15, -0.1) is 0 Å². The smallest absolute Gasteiger partial charge is 0.344 e. The zero-order valence-corrected chi connectivity index (χ0v) is 13.2. The summed E-state index contributed by atoms with van der Waals surface area (Å²) in [6.07, 6.45) is -0.882. The molecule has 0 heterocycles. The first-order valence-corrected chi connectivity index (χ1v) is 7.23. The minimum Gasteiger partial charge on any atom is -0.508 e. The lowest BCUT2D eigenvalue weighted by Gasteiger charge is -2.28. The summed E-state index contributed by atoms with van der Waals surface area (Å²) in [7, 11) is 0. The van der Waals surface area contributed by atoms with E-state index in [1.54, 1.807) is 24.3 Å². The van der Waals surface area contributed by atoms with Crippen LogP contribution in [0.4, 0.5) is 0 Å². The molecular weight excluding hydrogens is 343 g/mol. The number of hydrogen-bond donors (Lipinski definition) is 2. The average molecular weight is 355 g/mol. The van der Waals surface area contributed by atoms with Crippen LogP contribution in [0.25, 0.3) is 0 Å². The van der Waals surface area contributed by atoms with E-state index in [0.29, 0.717) is 6.29 Å². The van der Waals surface area contributed by atoms with Gasteiger partial charge in [-0.2, -0.15) is 0 Å². The number of phenols is 1. The number of carboxylic acid groups (broad SMARTS) is 1. The van der Waals surface area contributed by atoms with E-state index in [0.717, 1.165) is 0 Å². The van der Waals surface area contributed by atoms with Crippen molar-refractivity contribution >= 4 is 35.5 Å². The molecule has 0 saturated heterocycles. The minimum atomic E-state index is -2.38. The van der Waals surface area contributed by atoms with Gasteiger partial charge in [0.1, 0.15) is 11.5 Å². The van der Waals surface area contributed by atoms with Crippen molar-refractivity contribution in [3.8, 4) is 11.5 Å². The van der Waals surface area contributed by atoms with Crippen molar-refractivity contribution in [2.75, 3.05) is 0 Å². The zero-order valence-electron chi connectivity index (χ0n) is 11.6. The molecule has 0 bridgehead atoms. The Morgan fingerprint density at radius 3 is 2.35 bits per heavy atom. The van der Waals surface area contributed by atoms with Gasteiger partial charge in [-0.25, -0.2) is 4.79 Å². The second kappa shape index (κ2) is 6.89. The lowest BCUT2D eigenvalue weighted by molar-refractivity contribution is -0.140. The number of rotatable bonds is 6. The molecule has 5 nitrogen and oxygen atoms in total. The molecule has 0 radical (unpaired) electrons. The molecule has 2 aromatic rings. The number of aliphatic carboxylic acids is 1.